The summed E-state index contributed by atoms with van der Waals surface area (Å²) in [5.74, 6) is -2.40. The van der Waals surface area contributed by atoms with Crippen LogP contribution < -0.4 is 10.6 Å². The van der Waals surface area contributed by atoms with Crippen LogP contribution in [0.25, 0.3) is 0 Å². The number of amides is 2. The van der Waals surface area contributed by atoms with Crippen LogP contribution in [-0.2, 0) is 16.1 Å². The number of benzene rings is 2. The van der Waals surface area contributed by atoms with Crippen LogP contribution in [0.15, 0.2) is 48.5 Å². The van der Waals surface area contributed by atoms with Gasteiger partial charge in [-0.1, -0.05) is 30.3 Å². The van der Waals surface area contributed by atoms with E-state index >= 15 is 0 Å². The van der Waals surface area contributed by atoms with E-state index in [0.29, 0.717) is 13.0 Å². The van der Waals surface area contributed by atoms with Crippen molar-refractivity contribution in [3.63, 3.8) is 0 Å². The molecule has 0 unspecified atom stereocenters. The molecule has 0 saturated heterocycles. The topological polar surface area (TPSA) is 58.2 Å². The summed E-state index contributed by atoms with van der Waals surface area (Å²) >= 11 is 0. The SMILES string of the molecule is O=C(CNC(=O)[C@@H]1C[C@@H]1c1cc(F)ccc1F)NCc1ccccc1. The van der Waals surface area contributed by atoms with Gasteiger partial charge in [0.05, 0.1) is 6.54 Å². The fourth-order valence-corrected chi connectivity index (χ4v) is 2.78. The predicted octanol–water partition coefficient (Wildman–Crippen LogP) is 2.50. The molecule has 0 aromatic heterocycles. The van der Waals surface area contributed by atoms with Gasteiger partial charge in [-0.2, -0.15) is 0 Å². The molecule has 2 aromatic carbocycles. The summed E-state index contributed by atoms with van der Waals surface area (Å²) in [5.41, 5.74) is 1.18. The van der Waals surface area contributed by atoms with Gasteiger partial charge in [-0.25, -0.2) is 8.78 Å². The van der Waals surface area contributed by atoms with Crippen LogP contribution in [0, 0.1) is 17.6 Å². The van der Waals surface area contributed by atoms with Crippen LogP contribution in [0.2, 0.25) is 0 Å². The zero-order chi connectivity index (χ0) is 17.8. The van der Waals surface area contributed by atoms with E-state index in [1.165, 1.54) is 0 Å². The minimum atomic E-state index is -0.525. The molecule has 0 radical (unpaired) electrons. The first-order valence-electron chi connectivity index (χ1n) is 8.08. The number of rotatable bonds is 6. The van der Waals surface area contributed by atoms with Crippen LogP contribution in [0.3, 0.4) is 0 Å². The molecule has 2 atom stereocenters. The van der Waals surface area contributed by atoms with Gasteiger partial charge in [-0.15, -0.1) is 0 Å². The quantitative estimate of drug-likeness (QED) is 0.846. The van der Waals surface area contributed by atoms with Gasteiger partial charge < -0.3 is 10.6 Å². The molecular formula is C19H18F2N2O2. The smallest absolute Gasteiger partial charge is 0.239 e. The van der Waals surface area contributed by atoms with Crippen molar-refractivity contribution in [2.75, 3.05) is 6.54 Å². The number of carbonyl (C=O) groups is 2. The first-order valence-corrected chi connectivity index (χ1v) is 8.08. The molecule has 1 aliphatic carbocycles. The minimum absolute atomic E-state index is 0.138. The summed E-state index contributed by atoms with van der Waals surface area (Å²) in [7, 11) is 0. The maximum absolute atomic E-state index is 13.7. The molecule has 1 fully saturated rings. The third kappa shape index (κ3) is 4.41. The van der Waals surface area contributed by atoms with Crippen molar-refractivity contribution in [2.24, 2.45) is 5.92 Å². The highest BCUT2D eigenvalue weighted by Gasteiger charge is 2.45. The molecule has 25 heavy (non-hydrogen) atoms. The summed E-state index contributed by atoms with van der Waals surface area (Å²) in [6.07, 6.45) is 0.456. The van der Waals surface area contributed by atoms with E-state index in [-0.39, 0.29) is 29.8 Å². The minimum Gasteiger partial charge on any atom is -0.350 e. The van der Waals surface area contributed by atoms with Crippen LogP contribution in [0.4, 0.5) is 8.78 Å². The van der Waals surface area contributed by atoms with Crippen molar-refractivity contribution >= 4 is 11.8 Å². The van der Waals surface area contributed by atoms with Crippen molar-refractivity contribution in [3.05, 3.63) is 71.3 Å². The highest BCUT2D eigenvalue weighted by molar-refractivity contribution is 5.87. The molecule has 0 bridgehead atoms. The Hall–Kier alpha value is -2.76. The number of hydrogen-bond acceptors (Lipinski definition) is 2. The number of nitrogens with one attached hydrogen (secondary N) is 2. The standard InChI is InChI=1S/C19H18F2N2O2/c20-13-6-7-17(21)15(8-13)14-9-16(14)19(25)23-11-18(24)22-10-12-4-2-1-3-5-12/h1-8,14,16H,9-11H2,(H,22,24)(H,23,25)/t14-,16-/m1/s1. The van der Waals surface area contributed by atoms with Crippen molar-refractivity contribution in [2.45, 2.75) is 18.9 Å². The maximum Gasteiger partial charge on any atom is 0.239 e. The van der Waals surface area contributed by atoms with Gasteiger partial charge in [-0.05, 0) is 41.7 Å². The molecule has 0 heterocycles. The van der Waals surface area contributed by atoms with Crippen molar-refractivity contribution in [1.29, 1.82) is 0 Å². The Labute approximate surface area is 144 Å². The van der Waals surface area contributed by atoms with Gasteiger partial charge >= 0.3 is 0 Å². The van der Waals surface area contributed by atoms with Gasteiger partial charge in [0.25, 0.3) is 0 Å². The number of halogens is 2. The number of hydrogen-bond donors (Lipinski definition) is 2. The fourth-order valence-electron chi connectivity index (χ4n) is 2.78. The molecule has 2 aromatic rings. The average Bonchev–Trinajstić information content (AvgIpc) is 3.41. The Balaban J connectivity index is 1.44. The van der Waals surface area contributed by atoms with E-state index in [4.69, 9.17) is 0 Å². The summed E-state index contributed by atoms with van der Waals surface area (Å²) in [4.78, 5) is 23.8. The molecule has 2 N–H and O–H groups in total. The first-order chi connectivity index (χ1) is 12.0. The Morgan fingerprint density at radius 1 is 1.04 bits per heavy atom. The van der Waals surface area contributed by atoms with E-state index in [1.807, 2.05) is 30.3 Å². The number of carbonyl (C=O) groups excluding carboxylic acids is 2. The van der Waals surface area contributed by atoms with Crippen molar-refractivity contribution in [1.82, 2.24) is 10.6 Å². The van der Waals surface area contributed by atoms with Crippen molar-refractivity contribution in [3.8, 4) is 0 Å². The largest absolute Gasteiger partial charge is 0.350 e. The second kappa shape index (κ2) is 7.42. The average molecular weight is 344 g/mol. The van der Waals surface area contributed by atoms with E-state index in [2.05, 4.69) is 10.6 Å². The monoisotopic (exact) mass is 344 g/mol. The highest BCUT2D eigenvalue weighted by Crippen LogP contribution is 2.48. The molecule has 3 rings (SSSR count). The van der Waals surface area contributed by atoms with Gasteiger partial charge in [0.15, 0.2) is 0 Å². The lowest BCUT2D eigenvalue weighted by atomic mass is 10.1. The van der Waals surface area contributed by atoms with Gasteiger partial charge in [0.1, 0.15) is 11.6 Å². The van der Waals surface area contributed by atoms with Gasteiger partial charge in [0.2, 0.25) is 11.8 Å². The Morgan fingerprint density at radius 3 is 2.56 bits per heavy atom. The molecular weight excluding hydrogens is 326 g/mol. The molecule has 0 aliphatic heterocycles. The summed E-state index contributed by atoms with van der Waals surface area (Å²) in [6, 6.07) is 12.7. The molecule has 1 saturated carbocycles. The second-order valence-corrected chi connectivity index (χ2v) is 6.09. The van der Waals surface area contributed by atoms with Crippen LogP contribution in [-0.4, -0.2) is 18.4 Å². The summed E-state index contributed by atoms with van der Waals surface area (Å²) in [5, 5.41) is 5.26. The molecule has 0 spiro atoms. The van der Waals surface area contributed by atoms with E-state index < -0.39 is 17.6 Å². The van der Waals surface area contributed by atoms with E-state index in [1.54, 1.807) is 0 Å². The van der Waals surface area contributed by atoms with E-state index in [9.17, 15) is 18.4 Å². The Bertz CT molecular complexity index is 780. The molecule has 4 nitrogen and oxygen atoms in total. The zero-order valence-corrected chi connectivity index (χ0v) is 13.5. The summed E-state index contributed by atoms with van der Waals surface area (Å²) < 4.78 is 26.9. The van der Waals surface area contributed by atoms with Crippen LogP contribution in [0.1, 0.15) is 23.5 Å². The Kier molecular flexibility index (Phi) is 5.07. The Morgan fingerprint density at radius 2 is 1.80 bits per heavy atom. The van der Waals surface area contributed by atoms with Gasteiger partial charge in [-0.3, -0.25) is 9.59 Å². The fraction of sp³-hybridized carbons (Fsp3) is 0.263. The second-order valence-electron chi connectivity index (χ2n) is 6.09. The summed E-state index contributed by atoms with van der Waals surface area (Å²) in [6.45, 7) is 0.247. The normalized spacial score (nSPS) is 18.5. The molecule has 130 valence electrons. The lowest BCUT2D eigenvalue weighted by molar-refractivity contribution is -0.126. The lowest BCUT2D eigenvalue weighted by Gasteiger charge is -2.07. The van der Waals surface area contributed by atoms with E-state index in [0.717, 1.165) is 23.8 Å². The zero-order valence-electron chi connectivity index (χ0n) is 13.5. The predicted molar refractivity (Wildman–Crippen MR) is 88.5 cm³/mol. The molecule has 1 aliphatic rings. The van der Waals surface area contributed by atoms with Crippen LogP contribution >= 0.6 is 0 Å². The van der Waals surface area contributed by atoms with Crippen LogP contribution in [0.5, 0.6) is 0 Å². The maximum atomic E-state index is 13.7. The van der Waals surface area contributed by atoms with Gasteiger partial charge in [0, 0.05) is 12.5 Å². The first kappa shape index (κ1) is 17.1. The van der Waals surface area contributed by atoms with Crippen molar-refractivity contribution < 1.29 is 18.4 Å². The highest BCUT2D eigenvalue weighted by atomic mass is 19.1. The third-order valence-corrected chi connectivity index (χ3v) is 4.24. The lowest BCUT2D eigenvalue weighted by Crippen LogP contribution is -2.37. The third-order valence-electron chi connectivity index (χ3n) is 4.24. The molecule has 2 amide bonds. The molecule has 6 heteroatoms.